The molecule has 0 saturated carbocycles. The van der Waals surface area contributed by atoms with Gasteiger partial charge in [-0.1, -0.05) is 65.0 Å². The van der Waals surface area contributed by atoms with Crippen LogP contribution in [0.25, 0.3) is 33.8 Å². The van der Waals surface area contributed by atoms with Crippen LogP contribution in [-0.2, 0) is 26.5 Å². The summed E-state index contributed by atoms with van der Waals surface area (Å²) in [5, 5.41) is 0. The van der Waals surface area contributed by atoms with E-state index in [0.717, 1.165) is 34.6 Å². The van der Waals surface area contributed by atoms with Crippen LogP contribution in [0.1, 0.15) is 63.1 Å². The van der Waals surface area contributed by atoms with Gasteiger partial charge in [-0.3, -0.25) is 14.4 Å². The number of benzene rings is 3. The fraction of sp³-hybridized carbons (Fsp3) is 0.229. The predicted octanol–water partition coefficient (Wildman–Crippen LogP) is 9.11. The number of halogens is 1. The molecule has 5 heteroatoms. The van der Waals surface area contributed by atoms with Crippen LogP contribution in [0.2, 0.25) is 0 Å². The van der Waals surface area contributed by atoms with Crippen molar-refractivity contribution in [2.24, 2.45) is 0 Å². The van der Waals surface area contributed by atoms with E-state index in [2.05, 4.69) is 92.0 Å². The van der Waals surface area contributed by atoms with Gasteiger partial charge in [-0.25, -0.2) is 0 Å². The number of rotatable bonds is 6. The minimum atomic E-state index is -0.278. The van der Waals surface area contributed by atoms with E-state index >= 15 is 0 Å². The molecule has 0 N–H and O–H groups in total. The Bertz CT molecular complexity index is 1460. The summed E-state index contributed by atoms with van der Waals surface area (Å²) in [5.41, 5.74) is 8.90. The zero-order valence-electron chi connectivity index (χ0n) is 23.6. The zero-order valence-corrected chi connectivity index (χ0v) is 26.0. The molecule has 207 valence electrons. The number of aromatic nitrogens is 3. The monoisotopic (exact) mass is 708 g/mol. The summed E-state index contributed by atoms with van der Waals surface area (Å²) in [6, 6.07) is 29.2. The summed E-state index contributed by atoms with van der Waals surface area (Å²) in [6.07, 6.45) is 6.45. The second-order valence-corrected chi connectivity index (χ2v) is 10.1. The molecular formula is C35H34FIrN3-2. The van der Waals surface area contributed by atoms with Crippen molar-refractivity contribution < 1.29 is 24.5 Å². The molecule has 2 aromatic heterocycles. The third-order valence-electron chi connectivity index (χ3n) is 6.52. The van der Waals surface area contributed by atoms with E-state index in [1.54, 1.807) is 12.3 Å². The first-order valence-corrected chi connectivity index (χ1v) is 13.4. The van der Waals surface area contributed by atoms with Crippen LogP contribution >= 0.6 is 0 Å². The number of nitrogens with zero attached hydrogens (tertiary/aromatic N) is 3. The van der Waals surface area contributed by atoms with Crippen molar-refractivity contribution in [3.05, 3.63) is 126 Å². The molecule has 0 spiro atoms. The fourth-order valence-corrected chi connectivity index (χ4v) is 4.05. The molecule has 0 amide bonds. The topological polar surface area (TPSA) is 38.7 Å². The molecule has 0 saturated heterocycles. The number of hydrogen-bond acceptors (Lipinski definition) is 3. The first kappa shape index (κ1) is 31.0. The van der Waals surface area contributed by atoms with Gasteiger partial charge in [-0.05, 0) is 52.3 Å². The molecule has 0 fully saturated rings. The Kier molecular flexibility index (Phi) is 11.4. The second kappa shape index (κ2) is 14.7. The first-order valence-electron chi connectivity index (χ1n) is 13.4. The summed E-state index contributed by atoms with van der Waals surface area (Å²) in [4.78, 5) is 13.1. The van der Waals surface area contributed by atoms with Gasteiger partial charge >= 0.3 is 0 Å². The Morgan fingerprint density at radius 2 is 1.45 bits per heavy atom. The van der Waals surface area contributed by atoms with E-state index in [-0.39, 0.29) is 25.9 Å². The van der Waals surface area contributed by atoms with Crippen LogP contribution in [0.4, 0.5) is 4.39 Å². The number of pyridine rings is 1. The summed E-state index contributed by atoms with van der Waals surface area (Å²) in [7, 11) is 0. The van der Waals surface area contributed by atoms with Crippen molar-refractivity contribution in [1.82, 2.24) is 15.0 Å². The minimum Gasteiger partial charge on any atom is -0.305 e. The third-order valence-corrected chi connectivity index (χ3v) is 6.52. The molecule has 0 aliphatic carbocycles. The average molecular weight is 708 g/mol. The fourth-order valence-electron chi connectivity index (χ4n) is 4.05. The van der Waals surface area contributed by atoms with Gasteiger partial charge in [0.15, 0.2) is 0 Å². The van der Waals surface area contributed by atoms with E-state index in [1.807, 2.05) is 36.7 Å². The molecule has 0 aliphatic rings. The minimum absolute atomic E-state index is 0. The van der Waals surface area contributed by atoms with Gasteiger partial charge in [0.05, 0.1) is 5.82 Å². The van der Waals surface area contributed by atoms with Gasteiger partial charge < -0.3 is 4.98 Å². The van der Waals surface area contributed by atoms with Crippen LogP contribution < -0.4 is 0 Å². The van der Waals surface area contributed by atoms with Crippen LogP contribution in [0.5, 0.6) is 0 Å². The molecular weight excluding hydrogens is 674 g/mol. The van der Waals surface area contributed by atoms with E-state index < -0.39 is 0 Å². The van der Waals surface area contributed by atoms with Crippen LogP contribution in [0.3, 0.4) is 0 Å². The Morgan fingerprint density at radius 3 is 2.00 bits per heavy atom. The molecule has 5 rings (SSSR count). The largest absolute Gasteiger partial charge is 0.305 e. The maximum Gasteiger partial charge on any atom is 0.0748 e. The van der Waals surface area contributed by atoms with Gasteiger partial charge in [0.25, 0.3) is 0 Å². The Balaban J connectivity index is 0.000000264. The van der Waals surface area contributed by atoms with E-state index in [1.165, 1.54) is 34.4 Å². The van der Waals surface area contributed by atoms with Gasteiger partial charge in [0, 0.05) is 44.5 Å². The van der Waals surface area contributed by atoms with E-state index in [4.69, 9.17) is 0 Å². The number of hydrogen-bond donors (Lipinski definition) is 0. The van der Waals surface area contributed by atoms with Crippen LogP contribution in [-0.4, -0.2) is 15.0 Å². The standard InChI is InChI=1S/C24H27N2.C11H7FN.Ir/c1-6-18-14-25-24(26-15-18)20-9-7-8-19(10-20)23-12-21(16(2)3)11-22(13-23)17(4)5;12-10-6-4-9(5-7-10)11-3-1-2-8-13-11;/h7-8,10-17H,6H2,1-5H3;1-4,6-8H;/q2*-1;. The average Bonchev–Trinajstić information content (AvgIpc) is 2.98. The summed E-state index contributed by atoms with van der Waals surface area (Å²) < 4.78 is 12.6. The SMILES string of the molecule is CCc1cnc(-c2[c-]ccc(-c3cc(C(C)C)cc(C(C)C)c3)c2)nc1.Fc1c[c-]c(-c2ccccn2)cc1.[Ir]. The summed E-state index contributed by atoms with van der Waals surface area (Å²) in [5.74, 6) is 1.46. The normalized spacial score (nSPS) is 10.6. The van der Waals surface area contributed by atoms with Crippen molar-refractivity contribution in [2.75, 3.05) is 0 Å². The molecule has 2 heterocycles. The molecule has 0 aliphatic heterocycles. The first-order chi connectivity index (χ1) is 18.8. The van der Waals surface area contributed by atoms with Crippen molar-refractivity contribution in [2.45, 2.75) is 52.9 Å². The molecule has 40 heavy (non-hydrogen) atoms. The van der Waals surface area contributed by atoms with Gasteiger partial charge in [-0.15, -0.1) is 65.2 Å². The summed E-state index contributed by atoms with van der Waals surface area (Å²) >= 11 is 0. The van der Waals surface area contributed by atoms with Crippen molar-refractivity contribution in [3.8, 4) is 33.8 Å². The molecule has 3 nitrogen and oxygen atoms in total. The molecule has 5 aromatic rings. The maximum absolute atomic E-state index is 12.6. The van der Waals surface area contributed by atoms with Crippen molar-refractivity contribution >= 4 is 0 Å². The summed E-state index contributed by atoms with van der Waals surface area (Å²) in [6.45, 7) is 11.1. The molecule has 3 aromatic carbocycles. The van der Waals surface area contributed by atoms with Crippen molar-refractivity contribution in [1.29, 1.82) is 0 Å². The van der Waals surface area contributed by atoms with Gasteiger partial charge in [0.2, 0.25) is 0 Å². The van der Waals surface area contributed by atoms with Gasteiger partial charge in [-0.2, -0.15) is 0 Å². The Labute approximate surface area is 251 Å². The second-order valence-electron chi connectivity index (χ2n) is 10.1. The third kappa shape index (κ3) is 8.24. The zero-order chi connectivity index (χ0) is 27.8. The predicted molar refractivity (Wildman–Crippen MR) is 158 cm³/mol. The molecule has 0 bridgehead atoms. The molecule has 1 radical (unpaired) electrons. The van der Waals surface area contributed by atoms with Gasteiger partial charge in [0.1, 0.15) is 0 Å². The Morgan fingerprint density at radius 1 is 0.750 bits per heavy atom. The maximum atomic E-state index is 12.6. The van der Waals surface area contributed by atoms with E-state index in [0.29, 0.717) is 11.8 Å². The van der Waals surface area contributed by atoms with E-state index in [9.17, 15) is 4.39 Å². The van der Waals surface area contributed by atoms with Crippen molar-refractivity contribution in [3.63, 3.8) is 0 Å². The number of aryl methyl sites for hydroxylation is 1. The van der Waals surface area contributed by atoms with Crippen LogP contribution in [0, 0.1) is 17.9 Å². The van der Waals surface area contributed by atoms with Crippen LogP contribution in [0.15, 0.2) is 91.4 Å². The smallest absolute Gasteiger partial charge is 0.0748 e. The molecule has 0 unspecified atom stereocenters. The quantitative estimate of drug-likeness (QED) is 0.165. The molecule has 0 atom stereocenters. The Hall–Kier alpha value is -3.53.